The Morgan fingerprint density at radius 3 is 2.54 bits per heavy atom. The highest BCUT2D eigenvalue weighted by molar-refractivity contribution is 7.10. The van der Waals surface area contributed by atoms with Gasteiger partial charge in [-0.3, -0.25) is 9.59 Å². The highest BCUT2D eigenvalue weighted by atomic mass is 32.1. The molecule has 1 atom stereocenters. The number of thiophene rings is 1. The summed E-state index contributed by atoms with van der Waals surface area (Å²) in [6.07, 6.45) is 0.163. The molecule has 8 heteroatoms. The maximum absolute atomic E-state index is 12.1. The first-order valence-electron chi connectivity index (χ1n) is 8.08. The van der Waals surface area contributed by atoms with Gasteiger partial charge in [0.2, 0.25) is 5.91 Å². The predicted octanol–water partition coefficient (Wildman–Crippen LogP) is 2.68. The molecule has 0 aliphatic carbocycles. The largest absolute Gasteiger partial charge is 0.469 e. The number of anilines is 1. The molecule has 0 aliphatic rings. The minimum Gasteiger partial charge on any atom is -0.469 e. The summed E-state index contributed by atoms with van der Waals surface area (Å²) in [5.41, 5.74) is 0.672. The van der Waals surface area contributed by atoms with Crippen LogP contribution in [0.25, 0.3) is 0 Å². The van der Waals surface area contributed by atoms with Crippen molar-refractivity contribution in [3.8, 4) is 0 Å². The van der Waals surface area contributed by atoms with Crippen molar-refractivity contribution in [1.82, 2.24) is 10.6 Å². The van der Waals surface area contributed by atoms with Gasteiger partial charge in [0.1, 0.15) is 0 Å². The third kappa shape index (κ3) is 6.56. The van der Waals surface area contributed by atoms with E-state index in [9.17, 15) is 14.4 Å². The lowest BCUT2D eigenvalue weighted by molar-refractivity contribution is -0.141. The molecule has 26 heavy (non-hydrogen) atoms. The molecule has 7 nitrogen and oxygen atoms in total. The number of carbonyl (C=O) groups is 3. The maximum Gasteiger partial charge on any atom is 0.319 e. The molecule has 1 heterocycles. The topological polar surface area (TPSA) is 96.5 Å². The molecule has 0 saturated carbocycles. The van der Waals surface area contributed by atoms with E-state index in [-0.39, 0.29) is 31.3 Å². The predicted molar refractivity (Wildman–Crippen MR) is 99.9 cm³/mol. The zero-order valence-corrected chi connectivity index (χ0v) is 15.2. The first kappa shape index (κ1) is 19.5. The van der Waals surface area contributed by atoms with Gasteiger partial charge in [0.25, 0.3) is 0 Å². The van der Waals surface area contributed by atoms with E-state index in [1.54, 1.807) is 12.1 Å². The van der Waals surface area contributed by atoms with E-state index in [1.165, 1.54) is 18.4 Å². The normalized spacial score (nSPS) is 11.3. The Balaban J connectivity index is 1.77. The van der Waals surface area contributed by atoms with Crippen LogP contribution in [0.1, 0.15) is 23.8 Å². The number of ether oxygens (including phenoxy) is 1. The fraction of sp³-hybridized carbons (Fsp3) is 0.278. The molecule has 138 valence electrons. The molecule has 0 spiro atoms. The van der Waals surface area contributed by atoms with Crippen molar-refractivity contribution in [2.24, 2.45) is 0 Å². The summed E-state index contributed by atoms with van der Waals surface area (Å²) in [6.45, 7) is 0.180. The summed E-state index contributed by atoms with van der Waals surface area (Å²) in [5.74, 6) is -0.656. The minimum atomic E-state index is -0.437. The molecule has 0 fully saturated rings. The van der Waals surface area contributed by atoms with Crippen molar-refractivity contribution in [3.05, 3.63) is 52.7 Å². The number of hydrogen-bond donors (Lipinski definition) is 3. The van der Waals surface area contributed by atoms with Gasteiger partial charge in [-0.05, 0) is 23.6 Å². The summed E-state index contributed by atoms with van der Waals surface area (Å²) in [6, 6.07) is 11.9. The lowest BCUT2D eigenvalue weighted by atomic mass is 10.1. The molecule has 3 N–H and O–H groups in total. The first-order valence-corrected chi connectivity index (χ1v) is 8.96. The molecule has 2 aromatic rings. The summed E-state index contributed by atoms with van der Waals surface area (Å²) < 4.78 is 4.68. The van der Waals surface area contributed by atoms with Crippen molar-refractivity contribution in [3.63, 3.8) is 0 Å². The number of carbonyl (C=O) groups excluding carboxylic acids is 3. The highest BCUT2D eigenvalue weighted by Gasteiger charge is 2.19. The minimum absolute atomic E-state index is 0.0602. The highest BCUT2D eigenvalue weighted by Crippen LogP contribution is 2.22. The second-order valence-electron chi connectivity index (χ2n) is 5.41. The van der Waals surface area contributed by atoms with E-state index >= 15 is 0 Å². The Kier molecular flexibility index (Phi) is 7.63. The average molecular weight is 375 g/mol. The van der Waals surface area contributed by atoms with Gasteiger partial charge in [-0.1, -0.05) is 24.3 Å². The third-order valence-corrected chi connectivity index (χ3v) is 4.48. The number of benzene rings is 1. The van der Waals surface area contributed by atoms with Gasteiger partial charge in [-0.2, -0.15) is 0 Å². The number of rotatable bonds is 8. The van der Waals surface area contributed by atoms with Gasteiger partial charge in [-0.15, -0.1) is 11.3 Å². The van der Waals surface area contributed by atoms with E-state index in [0.29, 0.717) is 5.69 Å². The zero-order chi connectivity index (χ0) is 18.8. The van der Waals surface area contributed by atoms with Crippen LogP contribution in [-0.4, -0.2) is 31.6 Å². The van der Waals surface area contributed by atoms with Gasteiger partial charge < -0.3 is 20.7 Å². The third-order valence-electron chi connectivity index (χ3n) is 3.49. The number of esters is 1. The van der Waals surface area contributed by atoms with Crippen molar-refractivity contribution < 1.29 is 19.1 Å². The summed E-state index contributed by atoms with van der Waals surface area (Å²) in [5, 5.41) is 9.98. The standard InChI is InChI=1S/C18H21N3O4S/c1-25-17(23)12-14(15-8-5-11-26-15)21-16(22)9-10-19-18(24)20-13-6-3-2-4-7-13/h2-8,11,14H,9-10,12H2,1H3,(H,21,22)(H2,19,20,24). The fourth-order valence-corrected chi connectivity index (χ4v) is 2.99. The molecule has 1 unspecified atom stereocenters. The monoisotopic (exact) mass is 375 g/mol. The van der Waals surface area contributed by atoms with Gasteiger partial charge in [0.05, 0.1) is 19.6 Å². The first-order chi connectivity index (χ1) is 12.6. The zero-order valence-electron chi connectivity index (χ0n) is 14.4. The molecule has 0 aliphatic heterocycles. The Bertz CT molecular complexity index is 719. The molecule has 1 aromatic carbocycles. The number of methoxy groups -OCH3 is 1. The lowest BCUT2D eigenvalue weighted by Crippen LogP contribution is -2.35. The van der Waals surface area contributed by atoms with Crippen LogP contribution in [0.2, 0.25) is 0 Å². The van der Waals surface area contributed by atoms with E-state index in [4.69, 9.17) is 0 Å². The number of urea groups is 1. The molecule has 0 radical (unpaired) electrons. The van der Waals surface area contributed by atoms with Crippen molar-refractivity contribution >= 4 is 34.9 Å². The van der Waals surface area contributed by atoms with Crippen LogP contribution in [0.5, 0.6) is 0 Å². The Labute approximate surface area is 155 Å². The number of amides is 3. The van der Waals surface area contributed by atoms with E-state index in [1.807, 2.05) is 35.7 Å². The van der Waals surface area contributed by atoms with E-state index < -0.39 is 12.0 Å². The molecular weight excluding hydrogens is 354 g/mol. The SMILES string of the molecule is COC(=O)CC(NC(=O)CCNC(=O)Nc1ccccc1)c1cccs1. The Hall–Kier alpha value is -2.87. The van der Waals surface area contributed by atoms with Crippen molar-refractivity contribution in [2.75, 3.05) is 19.0 Å². The second kappa shape index (κ2) is 10.2. The molecule has 3 amide bonds. The molecule has 0 saturated heterocycles. The number of para-hydroxylation sites is 1. The number of nitrogens with one attached hydrogen (secondary N) is 3. The second-order valence-corrected chi connectivity index (χ2v) is 6.39. The van der Waals surface area contributed by atoms with Crippen molar-refractivity contribution in [2.45, 2.75) is 18.9 Å². The summed E-state index contributed by atoms with van der Waals surface area (Å²) >= 11 is 1.45. The number of hydrogen-bond acceptors (Lipinski definition) is 5. The fourth-order valence-electron chi connectivity index (χ4n) is 2.22. The van der Waals surface area contributed by atoms with Crippen LogP contribution >= 0.6 is 11.3 Å². The van der Waals surface area contributed by atoms with Crippen LogP contribution in [-0.2, 0) is 14.3 Å². The van der Waals surface area contributed by atoms with Gasteiger partial charge in [0, 0.05) is 23.5 Å². The Morgan fingerprint density at radius 1 is 1.12 bits per heavy atom. The van der Waals surface area contributed by atoms with Crippen LogP contribution in [0.15, 0.2) is 47.8 Å². The van der Waals surface area contributed by atoms with E-state index in [2.05, 4.69) is 20.7 Å². The smallest absolute Gasteiger partial charge is 0.319 e. The summed E-state index contributed by atoms with van der Waals surface area (Å²) in [7, 11) is 1.31. The van der Waals surface area contributed by atoms with Gasteiger partial charge in [0.15, 0.2) is 0 Å². The molecule has 1 aromatic heterocycles. The van der Waals surface area contributed by atoms with Crippen LogP contribution in [0.3, 0.4) is 0 Å². The van der Waals surface area contributed by atoms with Gasteiger partial charge >= 0.3 is 12.0 Å². The molecule has 2 rings (SSSR count). The average Bonchev–Trinajstić information content (AvgIpc) is 3.16. The maximum atomic E-state index is 12.1. The lowest BCUT2D eigenvalue weighted by Gasteiger charge is -2.16. The van der Waals surface area contributed by atoms with Crippen LogP contribution in [0, 0.1) is 0 Å². The Morgan fingerprint density at radius 2 is 1.88 bits per heavy atom. The van der Waals surface area contributed by atoms with E-state index in [0.717, 1.165) is 4.88 Å². The van der Waals surface area contributed by atoms with Crippen molar-refractivity contribution in [1.29, 1.82) is 0 Å². The van der Waals surface area contributed by atoms with Crippen LogP contribution < -0.4 is 16.0 Å². The van der Waals surface area contributed by atoms with Gasteiger partial charge in [-0.25, -0.2) is 4.79 Å². The molecular formula is C18H21N3O4S. The quantitative estimate of drug-likeness (QED) is 0.618. The summed E-state index contributed by atoms with van der Waals surface area (Å²) in [4.78, 5) is 36.3. The molecule has 0 bridgehead atoms. The van der Waals surface area contributed by atoms with Crippen LogP contribution in [0.4, 0.5) is 10.5 Å².